The Hall–Kier alpha value is -1.74. The van der Waals surface area contributed by atoms with Gasteiger partial charge in [-0.3, -0.25) is 0 Å². The monoisotopic (exact) mass is 250 g/mol. The van der Waals surface area contributed by atoms with Crippen molar-refractivity contribution in [2.45, 2.75) is 6.92 Å². The van der Waals surface area contributed by atoms with Crippen LogP contribution in [0.1, 0.15) is 5.56 Å². The summed E-state index contributed by atoms with van der Waals surface area (Å²) in [6.07, 6.45) is 0. The van der Waals surface area contributed by atoms with E-state index in [1.807, 2.05) is 25.1 Å². The number of aryl methyl sites for hydroxylation is 1. The van der Waals surface area contributed by atoms with Crippen molar-refractivity contribution in [1.82, 2.24) is 0 Å². The predicted octanol–water partition coefficient (Wildman–Crippen LogP) is 4.11. The number of nitrogens with two attached hydrogens (primary N) is 1. The smallest absolute Gasteiger partial charge is 0.141 e. The molecule has 17 heavy (non-hydrogen) atoms. The zero-order valence-corrected chi connectivity index (χ0v) is 10.1. The van der Waals surface area contributed by atoms with Gasteiger partial charge in [-0.25, -0.2) is 4.39 Å². The van der Waals surface area contributed by atoms with Gasteiger partial charge in [0.25, 0.3) is 0 Å². The maximum atomic E-state index is 13.0. The van der Waals surface area contributed by atoms with Gasteiger partial charge in [0.15, 0.2) is 0 Å². The second-order valence-corrected chi connectivity index (χ2v) is 4.25. The van der Waals surface area contributed by atoms with Crippen molar-refractivity contribution < 1.29 is 4.39 Å². The van der Waals surface area contributed by atoms with E-state index >= 15 is 0 Å². The zero-order chi connectivity index (χ0) is 12.4. The number of hydrogen-bond acceptors (Lipinski definition) is 2. The summed E-state index contributed by atoms with van der Waals surface area (Å²) in [5, 5.41) is 3.18. The Labute approximate surface area is 104 Å². The number of anilines is 3. The van der Waals surface area contributed by atoms with Gasteiger partial charge in [-0.2, -0.15) is 0 Å². The molecule has 0 unspecified atom stereocenters. The second kappa shape index (κ2) is 4.63. The van der Waals surface area contributed by atoms with E-state index in [4.69, 9.17) is 17.3 Å². The molecule has 0 aromatic heterocycles. The fourth-order valence-electron chi connectivity index (χ4n) is 1.53. The van der Waals surface area contributed by atoms with Crippen LogP contribution in [0.15, 0.2) is 36.4 Å². The Balaban J connectivity index is 2.28. The van der Waals surface area contributed by atoms with Crippen molar-refractivity contribution in [3.8, 4) is 0 Å². The maximum absolute atomic E-state index is 13.0. The van der Waals surface area contributed by atoms with Crippen LogP contribution in [-0.2, 0) is 0 Å². The van der Waals surface area contributed by atoms with E-state index in [1.54, 1.807) is 6.07 Å². The molecule has 0 saturated heterocycles. The summed E-state index contributed by atoms with van der Waals surface area (Å²) in [4.78, 5) is 0. The van der Waals surface area contributed by atoms with E-state index in [0.717, 1.165) is 11.3 Å². The summed E-state index contributed by atoms with van der Waals surface area (Å²) in [6, 6.07) is 10.1. The number of nitrogens with one attached hydrogen (secondary N) is 1. The Morgan fingerprint density at radius 1 is 1.18 bits per heavy atom. The molecule has 0 fully saturated rings. The number of hydrogen-bond donors (Lipinski definition) is 2. The summed E-state index contributed by atoms with van der Waals surface area (Å²) in [7, 11) is 0. The van der Waals surface area contributed by atoms with E-state index in [-0.39, 0.29) is 5.02 Å². The molecule has 0 heterocycles. The number of halogens is 2. The van der Waals surface area contributed by atoms with Gasteiger partial charge < -0.3 is 11.1 Å². The first-order chi connectivity index (χ1) is 8.06. The molecular weight excluding hydrogens is 239 g/mol. The predicted molar refractivity (Wildman–Crippen MR) is 70.3 cm³/mol. The fourth-order valence-corrected chi connectivity index (χ4v) is 1.71. The van der Waals surface area contributed by atoms with Gasteiger partial charge >= 0.3 is 0 Å². The SMILES string of the molecule is Cc1ccc(Nc2ccc(F)c(Cl)c2)c(N)c1. The second-order valence-electron chi connectivity index (χ2n) is 3.84. The maximum Gasteiger partial charge on any atom is 0.141 e. The minimum atomic E-state index is -0.436. The van der Waals surface area contributed by atoms with Crippen LogP contribution in [0, 0.1) is 12.7 Å². The molecule has 2 rings (SSSR count). The van der Waals surface area contributed by atoms with Crippen LogP contribution in [0.5, 0.6) is 0 Å². The average Bonchev–Trinajstić information content (AvgIpc) is 2.27. The summed E-state index contributed by atoms with van der Waals surface area (Å²) in [5.41, 5.74) is 9.08. The van der Waals surface area contributed by atoms with Gasteiger partial charge in [-0.15, -0.1) is 0 Å². The van der Waals surface area contributed by atoms with Gasteiger partial charge in [0.05, 0.1) is 16.4 Å². The first-order valence-electron chi connectivity index (χ1n) is 5.14. The summed E-state index contributed by atoms with van der Waals surface area (Å²) >= 11 is 5.70. The molecule has 0 aliphatic carbocycles. The largest absolute Gasteiger partial charge is 0.397 e. The molecule has 0 bridgehead atoms. The first-order valence-corrected chi connectivity index (χ1v) is 5.52. The third kappa shape index (κ3) is 2.68. The third-order valence-electron chi connectivity index (χ3n) is 2.41. The van der Waals surface area contributed by atoms with Gasteiger partial charge in [0.2, 0.25) is 0 Å². The van der Waals surface area contributed by atoms with Gasteiger partial charge in [0, 0.05) is 5.69 Å². The van der Waals surface area contributed by atoms with Gasteiger partial charge in [-0.1, -0.05) is 17.7 Å². The molecule has 4 heteroatoms. The molecule has 0 aliphatic rings. The summed E-state index contributed by atoms with van der Waals surface area (Å²) < 4.78 is 13.0. The molecule has 2 aromatic rings. The molecule has 3 N–H and O–H groups in total. The highest BCUT2D eigenvalue weighted by molar-refractivity contribution is 6.31. The molecule has 0 radical (unpaired) electrons. The zero-order valence-electron chi connectivity index (χ0n) is 9.30. The highest BCUT2D eigenvalue weighted by Crippen LogP contribution is 2.26. The first kappa shape index (κ1) is 11.7. The standard InChI is InChI=1S/C13H12ClFN2/c1-8-2-5-13(12(16)6-8)17-9-3-4-11(15)10(14)7-9/h2-7,17H,16H2,1H3. The van der Waals surface area contributed by atoms with Crippen LogP contribution in [0.4, 0.5) is 21.5 Å². The van der Waals surface area contributed by atoms with Crippen molar-refractivity contribution in [3.05, 3.63) is 52.8 Å². The lowest BCUT2D eigenvalue weighted by molar-refractivity contribution is 0.628. The van der Waals surface area contributed by atoms with E-state index in [2.05, 4.69) is 5.32 Å². The van der Waals surface area contributed by atoms with Crippen molar-refractivity contribution in [1.29, 1.82) is 0 Å². The lowest BCUT2D eigenvalue weighted by Gasteiger charge is -2.10. The third-order valence-corrected chi connectivity index (χ3v) is 2.70. The molecule has 0 saturated carbocycles. The van der Waals surface area contributed by atoms with Gasteiger partial charge in [-0.05, 0) is 42.8 Å². The van der Waals surface area contributed by atoms with E-state index in [0.29, 0.717) is 11.4 Å². The van der Waals surface area contributed by atoms with Crippen molar-refractivity contribution in [2.24, 2.45) is 0 Å². The van der Waals surface area contributed by atoms with Gasteiger partial charge in [0.1, 0.15) is 5.82 Å². The van der Waals surface area contributed by atoms with E-state index in [1.165, 1.54) is 12.1 Å². The molecule has 0 atom stereocenters. The minimum absolute atomic E-state index is 0.0840. The summed E-state index contributed by atoms with van der Waals surface area (Å²) in [5.74, 6) is -0.436. The highest BCUT2D eigenvalue weighted by Gasteiger charge is 2.03. The molecular formula is C13H12ClFN2. The van der Waals surface area contributed by atoms with Crippen molar-refractivity contribution in [2.75, 3.05) is 11.1 Å². The van der Waals surface area contributed by atoms with Crippen molar-refractivity contribution >= 4 is 28.7 Å². The fraction of sp³-hybridized carbons (Fsp3) is 0.0769. The normalized spacial score (nSPS) is 10.3. The van der Waals surface area contributed by atoms with Crippen LogP contribution in [0.25, 0.3) is 0 Å². The van der Waals surface area contributed by atoms with Crippen LogP contribution in [0.3, 0.4) is 0 Å². The Morgan fingerprint density at radius 3 is 2.59 bits per heavy atom. The number of benzene rings is 2. The van der Waals surface area contributed by atoms with Crippen LogP contribution >= 0.6 is 11.6 Å². The highest BCUT2D eigenvalue weighted by atomic mass is 35.5. The Kier molecular flexibility index (Phi) is 3.20. The molecule has 88 valence electrons. The van der Waals surface area contributed by atoms with Crippen LogP contribution in [-0.4, -0.2) is 0 Å². The van der Waals surface area contributed by atoms with E-state index < -0.39 is 5.82 Å². The molecule has 0 amide bonds. The Morgan fingerprint density at radius 2 is 1.94 bits per heavy atom. The number of nitrogen functional groups attached to an aromatic ring is 1. The summed E-state index contributed by atoms with van der Waals surface area (Å²) in [6.45, 7) is 1.97. The molecule has 0 spiro atoms. The average molecular weight is 251 g/mol. The topological polar surface area (TPSA) is 38.0 Å². The molecule has 0 aliphatic heterocycles. The number of rotatable bonds is 2. The van der Waals surface area contributed by atoms with E-state index in [9.17, 15) is 4.39 Å². The lowest BCUT2D eigenvalue weighted by Crippen LogP contribution is -1.96. The quantitative estimate of drug-likeness (QED) is 0.787. The molecule has 2 aromatic carbocycles. The minimum Gasteiger partial charge on any atom is -0.397 e. The Bertz CT molecular complexity index is 555. The lowest BCUT2D eigenvalue weighted by atomic mass is 10.2. The van der Waals surface area contributed by atoms with Crippen molar-refractivity contribution in [3.63, 3.8) is 0 Å². The molecule has 2 nitrogen and oxygen atoms in total. The van der Waals surface area contributed by atoms with Crippen LogP contribution < -0.4 is 11.1 Å². The van der Waals surface area contributed by atoms with Crippen LogP contribution in [0.2, 0.25) is 5.02 Å².